The van der Waals surface area contributed by atoms with E-state index in [4.69, 9.17) is 10.2 Å². The second-order valence-electron chi connectivity index (χ2n) is 4.74. The van der Waals surface area contributed by atoms with Crippen LogP contribution in [0.5, 0.6) is 0 Å². The molecule has 1 rings (SSSR count). The SMILES string of the molecule is CCC1(C(=O)NCCC(O)C(=O)O)CCCC1. The molecule has 1 aliphatic carbocycles. The number of carbonyl (C=O) groups excluding carboxylic acids is 1. The molecule has 98 valence electrons. The van der Waals surface area contributed by atoms with Gasteiger partial charge in [-0.15, -0.1) is 0 Å². The largest absolute Gasteiger partial charge is 0.479 e. The van der Waals surface area contributed by atoms with E-state index < -0.39 is 12.1 Å². The molecule has 0 spiro atoms. The summed E-state index contributed by atoms with van der Waals surface area (Å²) in [6.45, 7) is 2.23. The van der Waals surface area contributed by atoms with Crippen LogP contribution in [-0.2, 0) is 9.59 Å². The summed E-state index contributed by atoms with van der Waals surface area (Å²) in [6, 6.07) is 0. The summed E-state index contributed by atoms with van der Waals surface area (Å²) in [7, 11) is 0. The van der Waals surface area contributed by atoms with E-state index in [2.05, 4.69) is 5.32 Å². The topological polar surface area (TPSA) is 86.6 Å². The van der Waals surface area contributed by atoms with Gasteiger partial charge in [-0.05, 0) is 19.3 Å². The molecule has 1 unspecified atom stereocenters. The molecule has 1 aliphatic rings. The van der Waals surface area contributed by atoms with Gasteiger partial charge >= 0.3 is 5.97 Å². The Hall–Kier alpha value is -1.10. The Morgan fingerprint density at radius 1 is 1.35 bits per heavy atom. The number of aliphatic carboxylic acids is 1. The molecule has 17 heavy (non-hydrogen) atoms. The van der Waals surface area contributed by atoms with Crippen molar-refractivity contribution in [2.24, 2.45) is 5.41 Å². The molecule has 3 N–H and O–H groups in total. The van der Waals surface area contributed by atoms with E-state index in [1.165, 1.54) is 0 Å². The lowest BCUT2D eigenvalue weighted by molar-refractivity contribution is -0.147. The minimum atomic E-state index is -1.39. The van der Waals surface area contributed by atoms with Gasteiger partial charge in [-0.25, -0.2) is 4.79 Å². The molecule has 5 nitrogen and oxygen atoms in total. The van der Waals surface area contributed by atoms with Gasteiger partial charge in [-0.1, -0.05) is 19.8 Å². The van der Waals surface area contributed by atoms with Crippen LogP contribution in [0.1, 0.15) is 45.4 Å². The number of amides is 1. The summed E-state index contributed by atoms with van der Waals surface area (Å²) in [4.78, 5) is 22.4. The first-order valence-corrected chi connectivity index (χ1v) is 6.21. The minimum Gasteiger partial charge on any atom is -0.479 e. The zero-order valence-electron chi connectivity index (χ0n) is 10.2. The Bertz CT molecular complexity index is 284. The second-order valence-corrected chi connectivity index (χ2v) is 4.74. The van der Waals surface area contributed by atoms with E-state index in [0.717, 1.165) is 32.1 Å². The third kappa shape index (κ3) is 3.43. The highest BCUT2D eigenvalue weighted by atomic mass is 16.4. The zero-order chi connectivity index (χ0) is 12.9. The van der Waals surface area contributed by atoms with E-state index in [-0.39, 0.29) is 24.3 Å². The summed E-state index contributed by atoms with van der Waals surface area (Å²) in [5, 5.41) is 20.3. The minimum absolute atomic E-state index is 0.00934. The average Bonchev–Trinajstić information content (AvgIpc) is 2.78. The number of carboxylic acid groups (broad SMARTS) is 1. The van der Waals surface area contributed by atoms with E-state index >= 15 is 0 Å². The van der Waals surface area contributed by atoms with Crippen molar-refractivity contribution in [2.45, 2.75) is 51.6 Å². The van der Waals surface area contributed by atoms with E-state index in [0.29, 0.717) is 0 Å². The maximum atomic E-state index is 12.0. The highest BCUT2D eigenvalue weighted by Gasteiger charge is 2.38. The Morgan fingerprint density at radius 2 is 1.94 bits per heavy atom. The molecule has 5 heteroatoms. The highest BCUT2D eigenvalue weighted by molar-refractivity contribution is 5.82. The molecule has 0 aromatic heterocycles. The molecule has 0 aromatic rings. The van der Waals surface area contributed by atoms with Gasteiger partial charge in [0.2, 0.25) is 5.91 Å². The Kier molecular flexibility index (Phi) is 4.93. The smallest absolute Gasteiger partial charge is 0.332 e. The van der Waals surface area contributed by atoms with Crippen LogP contribution in [0.2, 0.25) is 0 Å². The molecule has 1 amide bonds. The molecular weight excluding hydrogens is 222 g/mol. The van der Waals surface area contributed by atoms with Gasteiger partial charge in [-0.3, -0.25) is 4.79 Å². The molecule has 0 aromatic carbocycles. The van der Waals surface area contributed by atoms with Gasteiger partial charge in [0.1, 0.15) is 0 Å². The lowest BCUT2D eigenvalue weighted by Crippen LogP contribution is -2.40. The molecule has 1 fully saturated rings. The summed E-state index contributed by atoms with van der Waals surface area (Å²) >= 11 is 0. The Labute approximate surface area is 101 Å². The fourth-order valence-electron chi connectivity index (χ4n) is 2.43. The van der Waals surface area contributed by atoms with Gasteiger partial charge < -0.3 is 15.5 Å². The predicted octanol–water partition coefficient (Wildman–Crippen LogP) is 0.909. The van der Waals surface area contributed by atoms with Crippen molar-refractivity contribution in [3.8, 4) is 0 Å². The van der Waals surface area contributed by atoms with Gasteiger partial charge in [-0.2, -0.15) is 0 Å². The molecule has 0 radical (unpaired) electrons. The Morgan fingerprint density at radius 3 is 2.41 bits per heavy atom. The van der Waals surface area contributed by atoms with E-state index in [1.54, 1.807) is 0 Å². The van der Waals surface area contributed by atoms with Crippen molar-refractivity contribution < 1.29 is 19.8 Å². The third-order valence-corrected chi connectivity index (χ3v) is 3.71. The van der Waals surface area contributed by atoms with E-state index in [1.807, 2.05) is 6.92 Å². The molecule has 0 saturated heterocycles. The summed E-state index contributed by atoms with van der Waals surface area (Å²) < 4.78 is 0. The van der Waals surface area contributed by atoms with Crippen molar-refractivity contribution in [1.82, 2.24) is 5.32 Å². The maximum absolute atomic E-state index is 12.0. The van der Waals surface area contributed by atoms with Crippen molar-refractivity contribution in [3.05, 3.63) is 0 Å². The van der Waals surface area contributed by atoms with Crippen molar-refractivity contribution in [2.75, 3.05) is 6.54 Å². The van der Waals surface area contributed by atoms with Crippen LogP contribution < -0.4 is 5.32 Å². The van der Waals surface area contributed by atoms with Crippen LogP contribution in [0.4, 0.5) is 0 Å². The number of carbonyl (C=O) groups is 2. The number of rotatable bonds is 6. The molecule has 0 aliphatic heterocycles. The molecule has 1 saturated carbocycles. The third-order valence-electron chi connectivity index (χ3n) is 3.71. The van der Waals surface area contributed by atoms with Crippen LogP contribution in [0.25, 0.3) is 0 Å². The number of aliphatic hydroxyl groups excluding tert-OH is 1. The molecular formula is C12H21NO4. The summed E-state index contributed by atoms with van der Waals surface area (Å²) in [5.41, 5.74) is -0.256. The predicted molar refractivity (Wildman–Crippen MR) is 62.5 cm³/mol. The average molecular weight is 243 g/mol. The summed E-state index contributed by atoms with van der Waals surface area (Å²) in [5.74, 6) is -1.24. The fraction of sp³-hybridized carbons (Fsp3) is 0.833. The van der Waals surface area contributed by atoms with Crippen molar-refractivity contribution in [3.63, 3.8) is 0 Å². The lowest BCUT2D eigenvalue weighted by Gasteiger charge is -2.26. The van der Waals surface area contributed by atoms with Gasteiger partial charge in [0.05, 0.1) is 0 Å². The highest BCUT2D eigenvalue weighted by Crippen LogP contribution is 2.40. The fourth-order valence-corrected chi connectivity index (χ4v) is 2.43. The quantitative estimate of drug-likeness (QED) is 0.647. The van der Waals surface area contributed by atoms with E-state index in [9.17, 15) is 9.59 Å². The first-order chi connectivity index (χ1) is 8.02. The molecule has 0 bridgehead atoms. The number of carboxylic acids is 1. The van der Waals surface area contributed by atoms with Gasteiger partial charge in [0, 0.05) is 18.4 Å². The van der Waals surface area contributed by atoms with Crippen molar-refractivity contribution in [1.29, 1.82) is 0 Å². The van der Waals surface area contributed by atoms with Crippen LogP contribution >= 0.6 is 0 Å². The normalized spacial score (nSPS) is 19.9. The van der Waals surface area contributed by atoms with Crippen LogP contribution in [-0.4, -0.2) is 34.7 Å². The standard InChI is InChI=1S/C12H21NO4/c1-2-12(6-3-4-7-12)11(17)13-8-5-9(14)10(15)16/h9,14H,2-8H2,1H3,(H,13,17)(H,15,16). The van der Waals surface area contributed by atoms with Gasteiger partial charge in [0.25, 0.3) is 0 Å². The number of nitrogens with one attached hydrogen (secondary N) is 1. The van der Waals surface area contributed by atoms with Crippen LogP contribution in [0, 0.1) is 5.41 Å². The molecule has 0 heterocycles. The lowest BCUT2D eigenvalue weighted by atomic mass is 9.82. The maximum Gasteiger partial charge on any atom is 0.332 e. The van der Waals surface area contributed by atoms with Crippen LogP contribution in [0.3, 0.4) is 0 Å². The Balaban J connectivity index is 2.36. The van der Waals surface area contributed by atoms with Crippen LogP contribution in [0.15, 0.2) is 0 Å². The number of hydrogen-bond acceptors (Lipinski definition) is 3. The first-order valence-electron chi connectivity index (χ1n) is 6.21. The zero-order valence-corrected chi connectivity index (χ0v) is 10.2. The first kappa shape index (κ1) is 14.0. The number of aliphatic hydroxyl groups is 1. The summed E-state index contributed by atoms with van der Waals surface area (Å²) in [6.07, 6.45) is 3.48. The second kappa shape index (κ2) is 6.00. The van der Waals surface area contributed by atoms with Gasteiger partial charge in [0.15, 0.2) is 6.10 Å². The monoisotopic (exact) mass is 243 g/mol. The van der Waals surface area contributed by atoms with Crippen molar-refractivity contribution >= 4 is 11.9 Å². The number of hydrogen-bond donors (Lipinski definition) is 3. The molecule has 1 atom stereocenters.